The van der Waals surface area contributed by atoms with Crippen molar-refractivity contribution in [1.29, 1.82) is 0 Å². The van der Waals surface area contributed by atoms with Gasteiger partial charge in [-0.1, -0.05) is 0 Å². The van der Waals surface area contributed by atoms with Crippen molar-refractivity contribution >= 4 is 11.8 Å². The van der Waals surface area contributed by atoms with Crippen molar-refractivity contribution in [2.45, 2.75) is 6.54 Å². The molecule has 0 amide bonds. The molecule has 2 N–H and O–H groups in total. The van der Waals surface area contributed by atoms with E-state index in [9.17, 15) is 13.6 Å². The number of rotatable bonds is 4. The van der Waals surface area contributed by atoms with Crippen LogP contribution in [0.5, 0.6) is 0 Å². The number of hydrogen-bond acceptors (Lipinski definition) is 4. The van der Waals surface area contributed by atoms with Crippen LogP contribution in [0.2, 0.25) is 0 Å². The molecule has 1 heterocycles. The maximum absolute atomic E-state index is 13.3. The summed E-state index contributed by atoms with van der Waals surface area (Å²) < 4.78 is 26.2. The highest BCUT2D eigenvalue weighted by Gasteiger charge is 2.06. The van der Waals surface area contributed by atoms with Crippen LogP contribution in [0.15, 0.2) is 30.3 Å². The fourth-order valence-electron chi connectivity index (χ4n) is 1.41. The Morgan fingerprint density at radius 2 is 2.00 bits per heavy atom. The normalized spacial score (nSPS) is 10.2. The van der Waals surface area contributed by atoms with Crippen LogP contribution in [0.1, 0.15) is 16.1 Å². The molecule has 0 fully saturated rings. The molecule has 19 heavy (non-hydrogen) atoms. The quantitative estimate of drug-likeness (QED) is 0.885. The number of hydrogen-bond donors (Lipinski definition) is 2. The molecule has 0 aliphatic carbocycles. The lowest BCUT2D eigenvalue weighted by Gasteiger charge is -2.06. The van der Waals surface area contributed by atoms with Crippen molar-refractivity contribution in [3.8, 4) is 0 Å². The maximum atomic E-state index is 13.3. The van der Waals surface area contributed by atoms with Crippen LogP contribution in [0, 0.1) is 11.6 Å². The van der Waals surface area contributed by atoms with Gasteiger partial charge in [0.1, 0.15) is 17.5 Å². The molecule has 7 heteroatoms. The zero-order valence-electron chi connectivity index (χ0n) is 9.60. The molecule has 0 saturated carbocycles. The molecule has 1 aromatic carbocycles. The number of nitrogens with zero attached hydrogens (tertiary/aromatic N) is 2. The average molecular weight is 265 g/mol. The zero-order chi connectivity index (χ0) is 13.8. The van der Waals surface area contributed by atoms with Gasteiger partial charge in [0.25, 0.3) is 0 Å². The Morgan fingerprint density at radius 1 is 1.21 bits per heavy atom. The van der Waals surface area contributed by atoms with E-state index in [1.807, 2.05) is 0 Å². The Hall–Kier alpha value is -2.57. The Bertz CT molecular complexity index is 602. The van der Waals surface area contributed by atoms with E-state index < -0.39 is 17.6 Å². The van der Waals surface area contributed by atoms with Gasteiger partial charge in [-0.05, 0) is 30.3 Å². The zero-order valence-corrected chi connectivity index (χ0v) is 9.60. The minimum atomic E-state index is -1.18. The van der Waals surface area contributed by atoms with E-state index in [1.54, 1.807) is 0 Å². The molecule has 0 atom stereocenters. The third kappa shape index (κ3) is 3.21. The Kier molecular flexibility index (Phi) is 3.65. The third-order valence-electron chi connectivity index (χ3n) is 2.35. The topological polar surface area (TPSA) is 75.1 Å². The van der Waals surface area contributed by atoms with Gasteiger partial charge < -0.3 is 10.4 Å². The minimum absolute atomic E-state index is 0.0185. The molecule has 1 aromatic heterocycles. The second-order valence-electron chi connectivity index (χ2n) is 3.70. The summed E-state index contributed by atoms with van der Waals surface area (Å²) >= 11 is 0. The number of anilines is 1. The van der Waals surface area contributed by atoms with E-state index in [0.717, 1.165) is 18.2 Å². The van der Waals surface area contributed by atoms with Crippen molar-refractivity contribution in [3.63, 3.8) is 0 Å². The maximum Gasteiger partial charge on any atom is 0.356 e. The van der Waals surface area contributed by atoms with E-state index in [4.69, 9.17) is 5.11 Å². The van der Waals surface area contributed by atoms with Gasteiger partial charge >= 0.3 is 5.97 Å². The highest BCUT2D eigenvalue weighted by molar-refractivity contribution is 5.85. The van der Waals surface area contributed by atoms with E-state index in [1.165, 1.54) is 12.1 Å². The van der Waals surface area contributed by atoms with Gasteiger partial charge in [0.15, 0.2) is 5.69 Å². The van der Waals surface area contributed by atoms with E-state index >= 15 is 0 Å². The summed E-state index contributed by atoms with van der Waals surface area (Å²) in [6.45, 7) is 0.0185. The molecule has 0 aliphatic heterocycles. The first-order valence-electron chi connectivity index (χ1n) is 5.31. The van der Waals surface area contributed by atoms with Gasteiger partial charge in [-0.15, -0.1) is 10.2 Å². The summed E-state index contributed by atoms with van der Waals surface area (Å²) in [6.07, 6.45) is 0. The first kappa shape index (κ1) is 12.9. The van der Waals surface area contributed by atoms with Crippen molar-refractivity contribution in [1.82, 2.24) is 10.2 Å². The molecule has 5 nitrogen and oxygen atoms in total. The smallest absolute Gasteiger partial charge is 0.356 e. The molecular weight excluding hydrogens is 256 g/mol. The number of nitrogens with one attached hydrogen (secondary N) is 1. The minimum Gasteiger partial charge on any atom is -0.476 e. The van der Waals surface area contributed by atoms with E-state index in [-0.39, 0.29) is 23.6 Å². The van der Waals surface area contributed by atoms with Crippen LogP contribution in [-0.4, -0.2) is 21.3 Å². The number of aromatic carboxylic acids is 1. The molecule has 0 saturated heterocycles. The summed E-state index contributed by atoms with van der Waals surface area (Å²) in [5.74, 6) is -1.99. The van der Waals surface area contributed by atoms with Gasteiger partial charge in [0.05, 0.1) is 0 Å². The predicted octanol–water partition coefficient (Wildman–Crippen LogP) is 2.07. The molecule has 0 bridgehead atoms. The fourth-order valence-corrected chi connectivity index (χ4v) is 1.41. The lowest BCUT2D eigenvalue weighted by atomic mass is 10.2. The van der Waals surface area contributed by atoms with Crippen LogP contribution < -0.4 is 5.32 Å². The van der Waals surface area contributed by atoms with Crippen LogP contribution in [-0.2, 0) is 6.54 Å². The number of carbonyl (C=O) groups is 1. The number of aromatic nitrogens is 2. The standard InChI is InChI=1S/C12H9F2N3O2/c13-8-1-2-9(14)7(5-8)6-15-11-4-3-10(12(18)19)16-17-11/h1-5H,6H2,(H,15,17)(H,18,19). The Labute approximate surface area is 106 Å². The van der Waals surface area contributed by atoms with Crippen molar-refractivity contribution < 1.29 is 18.7 Å². The summed E-state index contributed by atoms with van der Waals surface area (Å²) in [5.41, 5.74) is -0.0494. The monoisotopic (exact) mass is 265 g/mol. The first-order chi connectivity index (χ1) is 9.06. The molecule has 98 valence electrons. The molecule has 0 aliphatic rings. The van der Waals surface area contributed by atoms with Crippen molar-refractivity contribution in [2.24, 2.45) is 0 Å². The highest BCUT2D eigenvalue weighted by atomic mass is 19.1. The molecule has 2 rings (SSSR count). The molecule has 0 radical (unpaired) electrons. The van der Waals surface area contributed by atoms with Gasteiger partial charge in [-0.2, -0.15) is 0 Å². The largest absolute Gasteiger partial charge is 0.476 e. The summed E-state index contributed by atoms with van der Waals surface area (Å²) in [7, 11) is 0. The number of halogens is 2. The number of carboxylic acids is 1. The van der Waals surface area contributed by atoms with E-state index in [0.29, 0.717) is 0 Å². The van der Waals surface area contributed by atoms with Crippen molar-refractivity contribution in [2.75, 3.05) is 5.32 Å². The molecule has 2 aromatic rings. The van der Waals surface area contributed by atoms with Gasteiger partial charge in [-0.3, -0.25) is 0 Å². The lowest BCUT2D eigenvalue weighted by Crippen LogP contribution is -2.07. The Morgan fingerprint density at radius 3 is 2.63 bits per heavy atom. The fraction of sp³-hybridized carbons (Fsp3) is 0.0833. The summed E-state index contributed by atoms with van der Waals surface area (Å²) in [6, 6.07) is 5.79. The van der Waals surface area contributed by atoms with Gasteiger partial charge in [-0.25, -0.2) is 13.6 Å². The van der Waals surface area contributed by atoms with Crippen LogP contribution >= 0.6 is 0 Å². The lowest BCUT2D eigenvalue weighted by molar-refractivity contribution is 0.0689. The number of carboxylic acid groups (broad SMARTS) is 1. The second kappa shape index (κ2) is 5.38. The Balaban J connectivity index is 2.06. The number of benzene rings is 1. The molecule has 0 spiro atoms. The molecule has 0 unspecified atom stereocenters. The average Bonchev–Trinajstić information content (AvgIpc) is 2.40. The van der Waals surface area contributed by atoms with Gasteiger partial charge in [0.2, 0.25) is 0 Å². The summed E-state index contributed by atoms with van der Waals surface area (Å²) in [5, 5.41) is 18.4. The predicted molar refractivity (Wildman–Crippen MR) is 62.7 cm³/mol. The van der Waals surface area contributed by atoms with Crippen LogP contribution in [0.3, 0.4) is 0 Å². The van der Waals surface area contributed by atoms with E-state index in [2.05, 4.69) is 15.5 Å². The van der Waals surface area contributed by atoms with Gasteiger partial charge in [0, 0.05) is 12.1 Å². The highest BCUT2D eigenvalue weighted by Crippen LogP contribution is 2.11. The van der Waals surface area contributed by atoms with Crippen molar-refractivity contribution in [3.05, 3.63) is 53.2 Å². The molecular formula is C12H9F2N3O2. The SMILES string of the molecule is O=C(O)c1ccc(NCc2cc(F)ccc2F)nn1. The second-order valence-corrected chi connectivity index (χ2v) is 3.70. The third-order valence-corrected chi connectivity index (χ3v) is 2.35. The first-order valence-corrected chi connectivity index (χ1v) is 5.31. The summed E-state index contributed by atoms with van der Waals surface area (Å²) in [4.78, 5) is 10.6. The van der Waals surface area contributed by atoms with Crippen LogP contribution in [0.25, 0.3) is 0 Å². The van der Waals surface area contributed by atoms with Crippen LogP contribution in [0.4, 0.5) is 14.6 Å².